The summed E-state index contributed by atoms with van der Waals surface area (Å²) in [5, 5.41) is 16.7. The van der Waals surface area contributed by atoms with Crippen LogP contribution >= 0.6 is 0 Å². The quantitative estimate of drug-likeness (QED) is 0.501. The summed E-state index contributed by atoms with van der Waals surface area (Å²) in [6, 6.07) is 0. The highest BCUT2D eigenvalue weighted by molar-refractivity contribution is 4.57. The largest absolute Gasteiger partial charge is 0.394 e. The Balaban J connectivity index is 0. The van der Waals surface area contributed by atoms with Crippen molar-refractivity contribution in [2.75, 3.05) is 59.5 Å². The van der Waals surface area contributed by atoms with Gasteiger partial charge in [0.2, 0.25) is 0 Å². The topological polar surface area (TPSA) is 77.4 Å². The van der Waals surface area contributed by atoms with Crippen molar-refractivity contribution < 1.29 is 29.2 Å². The van der Waals surface area contributed by atoms with E-state index in [1.165, 1.54) is 0 Å². The van der Waals surface area contributed by atoms with Crippen molar-refractivity contribution in [2.45, 2.75) is 46.1 Å². The van der Waals surface area contributed by atoms with Gasteiger partial charge in [-0.1, -0.05) is 13.3 Å². The van der Waals surface area contributed by atoms with Crippen molar-refractivity contribution in [2.24, 2.45) is 0 Å². The lowest BCUT2D eigenvalue weighted by Crippen LogP contribution is -2.22. The maximum atomic E-state index is 8.36. The first kappa shape index (κ1) is 24.0. The molecule has 0 aromatic rings. The SMILES string of the molecule is CC(C)(C)OCCOCCO.CCCCOCCOCCO. The Morgan fingerprint density at radius 3 is 1.55 bits per heavy atom. The zero-order valence-electron chi connectivity index (χ0n) is 14.8. The van der Waals surface area contributed by atoms with E-state index in [0.29, 0.717) is 39.6 Å². The molecule has 0 heterocycles. The van der Waals surface area contributed by atoms with Crippen LogP contribution in [-0.2, 0) is 18.9 Å². The van der Waals surface area contributed by atoms with Crippen LogP contribution in [0.15, 0.2) is 0 Å². The van der Waals surface area contributed by atoms with E-state index < -0.39 is 0 Å². The number of ether oxygens (including phenoxy) is 4. The van der Waals surface area contributed by atoms with Crippen molar-refractivity contribution >= 4 is 0 Å². The van der Waals surface area contributed by atoms with Crippen LogP contribution in [-0.4, -0.2) is 75.3 Å². The van der Waals surface area contributed by atoms with Crippen LogP contribution in [0.25, 0.3) is 0 Å². The molecule has 0 aromatic carbocycles. The van der Waals surface area contributed by atoms with E-state index in [1.54, 1.807) is 0 Å². The minimum atomic E-state index is -0.0947. The number of rotatable bonds is 13. The molecular formula is C16H36O6. The highest BCUT2D eigenvalue weighted by Crippen LogP contribution is 2.05. The first-order valence-electron chi connectivity index (χ1n) is 8.06. The Labute approximate surface area is 135 Å². The van der Waals surface area contributed by atoms with E-state index in [0.717, 1.165) is 19.4 Å². The van der Waals surface area contributed by atoms with Crippen molar-refractivity contribution in [3.63, 3.8) is 0 Å². The molecular weight excluding hydrogens is 288 g/mol. The van der Waals surface area contributed by atoms with E-state index in [9.17, 15) is 0 Å². The second-order valence-electron chi connectivity index (χ2n) is 5.60. The summed E-state index contributed by atoms with van der Waals surface area (Å²) < 4.78 is 20.6. The molecule has 0 aliphatic heterocycles. The molecule has 0 unspecified atom stereocenters. The maximum Gasteiger partial charge on any atom is 0.0707 e. The van der Waals surface area contributed by atoms with E-state index in [1.807, 2.05) is 20.8 Å². The third kappa shape index (κ3) is 28.0. The fourth-order valence-corrected chi connectivity index (χ4v) is 1.21. The van der Waals surface area contributed by atoms with Crippen LogP contribution in [0.4, 0.5) is 0 Å². The Morgan fingerprint density at radius 2 is 1.14 bits per heavy atom. The molecule has 6 nitrogen and oxygen atoms in total. The van der Waals surface area contributed by atoms with E-state index in [2.05, 4.69) is 6.92 Å². The summed E-state index contributed by atoms with van der Waals surface area (Å²) in [6.45, 7) is 12.3. The fraction of sp³-hybridized carbons (Fsp3) is 1.00. The van der Waals surface area contributed by atoms with Crippen molar-refractivity contribution in [3.05, 3.63) is 0 Å². The van der Waals surface area contributed by atoms with Crippen LogP contribution in [0.5, 0.6) is 0 Å². The van der Waals surface area contributed by atoms with Crippen LogP contribution in [0.1, 0.15) is 40.5 Å². The van der Waals surface area contributed by atoms with Gasteiger partial charge in [0.1, 0.15) is 0 Å². The lowest BCUT2D eigenvalue weighted by molar-refractivity contribution is -0.0384. The zero-order valence-corrected chi connectivity index (χ0v) is 14.8. The third-order valence-corrected chi connectivity index (χ3v) is 2.25. The smallest absolute Gasteiger partial charge is 0.0707 e. The highest BCUT2D eigenvalue weighted by Gasteiger charge is 2.08. The Morgan fingerprint density at radius 1 is 0.682 bits per heavy atom. The zero-order chi connectivity index (χ0) is 17.1. The van der Waals surface area contributed by atoms with Gasteiger partial charge in [-0.05, 0) is 27.2 Å². The fourth-order valence-electron chi connectivity index (χ4n) is 1.21. The molecule has 0 rings (SSSR count). The average molecular weight is 324 g/mol. The molecule has 22 heavy (non-hydrogen) atoms. The minimum Gasteiger partial charge on any atom is -0.394 e. The first-order valence-corrected chi connectivity index (χ1v) is 8.06. The van der Waals surface area contributed by atoms with Gasteiger partial charge in [-0.15, -0.1) is 0 Å². The van der Waals surface area contributed by atoms with Gasteiger partial charge in [-0.25, -0.2) is 0 Å². The van der Waals surface area contributed by atoms with E-state index in [4.69, 9.17) is 29.2 Å². The van der Waals surface area contributed by atoms with Gasteiger partial charge in [-0.3, -0.25) is 0 Å². The molecule has 6 heteroatoms. The lowest BCUT2D eigenvalue weighted by Gasteiger charge is -2.19. The van der Waals surface area contributed by atoms with E-state index >= 15 is 0 Å². The van der Waals surface area contributed by atoms with Crippen LogP contribution in [0, 0.1) is 0 Å². The van der Waals surface area contributed by atoms with Gasteiger partial charge in [-0.2, -0.15) is 0 Å². The summed E-state index contributed by atoms with van der Waals surface area (Å²) in [4.78, 5) is 0. The summed E-state index contributed by atoms with van der Waals surface area (Å²) in [5.41, 5.74) is -0.0947. The van der Waals surface area contributed by atoms with Crippen LogP contribution < -0.4 is 0 Å². The molecule has 136 valence electrons. The predicted octanol–water partition coefficient (Wildman–Crippen LogP) is 1.62. The van der Waals surface area contributed by atoms with Gasteiger partial charge in [0.05, 0.1) is 58.5 Å². The second kappa shape index (κ2) is 18.8. The minimum absolute atomic E-state index is 0.0789. The van der Waals surface area contributed by atoms with Gasteiger partial charge < -0.3 is 29.2 Å². The Kier molecular flexibility index (Phi) is 20.5. The summed E-state index contributed by atoms with van der Waals surface area (Å²) in [5.74, 6) is 0. The number of unbranched alkanes of at least 4 members (excludes halogenated alkanes) is 1. The number of aliphatic hydroxyl groups is 2. The summed E-state index contributed by atoms with van der Waals surface area (Å²) >= 11 is 0. The van der Waals surface area contributed by atoms with Gasteiger partial charge in [0.15, 0.2) is 0 Å². The molecule has 0 aliphatic rings. The van der Waals surface area contributed by atoms with Crippen LogP contribution in [0.3, 0.4) is 0 Å². The molecule has 0 saturated carbocycles. The van der Waals surface area contributed by atoms with Gasteiger partial charge >= 0.3 is 0 Å². The molecule has 0 bridgehead atoms. The Bertz CT molecular complexity index is 186. The van der Waals surface area contributed by atoms with Crippen molar-refractivity contribution in [3.8, 4) is 0 Å². The monoisotopic (exact) mass is 324 g/mol. The first-order chi connectivity index (χ1) is 10.5. The molecule has 0 aromatic heterocycles. The maximum absolute atomic E-state index is 8.36. The molecule has 0 atom stereocenters. The second-order valence-corrected chi connectivity index (χ2v) is 5.60. The lowest BCUT2D eigenvalue weighted by atomic mass is 10.2. The summed E-state index contributed by atoms with van der Waals surface area (Å²) in [6.07, 6.45) is 2.28. The molecule has 0 fully saturated rings. The molecule has 0 aliphatic carbocycles. The highest BCUT2D eigenvalue weighted by atomic mass is 16.5. The number of hydrogen-bond donors (Lipinski definition) is 2. The molecule has 0 radical (unpaired) electrons. The predicted molar refractivity (Wildman–Crippen MR) is 87.2 cm³/mol. The van der Waals surface area contributed by atoms with E-state index in [-0.39, 0.29) is 18.8 Å². The molecule has 0 spiro atoms. The van der Waals surface area contributed by atoms with Crippen LogP contribution in [0.2, 0.25) is 0 Å². The van der Waals surface area contributed by atoms with Crippen molar-refractivity contribution in [1.82, 2.24) is 0 Å². The standard InChI is InChI=1S/2C8H18O3/c1-8(2,3)11-7-6-10-5-4-9;1-2-3-5-10-7-8-11-6-4-9/h9H,4-7H2,1-3H3;9H,2-8H2,1H3. The number of hydrogen-bond acceptors (Lipinski definition) is 6. The van der Waals surface area contributed by atoms with Gasteiger partial charge in [0, 0.05) is 6.61 Å². The van der Waals surface area contributed by atoms with Crippen molar-refractivity contribution in [1.29, 1.82) is 0 Å². The normalized spacial score (nSPS) is 11.2. The number of aliphatic hydroxyl groups excluding tert-OH is 2. The molecule has 0 amide bonds. The summed E-state index contributed by atoms with van der Waals surface area (Å²) in [7, 11) is 0. The Hall–Kier alpha value is -0.240. The van der Waals surface area contributed by atoms with Gasteiger partial charge in [0.25, 0.3) is 0 Å². The third-order valence-electron chi connectivity index (χ3n) is 2.25. The molecule has 2 N–H and O–H groups in total. The molecule has 0 saturated heterocycles. The average Bonchev–Trinajstić information content (AvgIpc) is 2.46.